The Labute approximate surface area is 113 Å². The summed E-state index contributed by atoms with van der Waals surface area (Å²) in [6, 6.07) is 9.97. The second-order valence-corrected chi connectivity index (χ2v) is 4.30. The van der Waals surface area contributed by atoms with Gasteiger partial charge in [-0.1, -0.05) is 0 Å². The van der Waals surface area contributed by atoms with Gasteiger partial charge in [-0.2, -0.15) is 0 Å². The minimum atomic E-state index is 0.672. The van der Waals surface area contributed by atoms with Gasteiger partial charge in [0.2, 0.25) is 0 Å². The highest BCUT2D eigenvalue weighted by molar-refractivity contribution is 5.60. The highest BCUT2D eigenvalue weighted by Gasteiger charge is 2.04. The summed E-state index contributed by atoms with van der Waals surface area (Å²) in [6.07, 6.45) is 0. The van der Waals surface area contributed by atoms with E-state index in [9.17, 15) is 0 Å². The van der Waals surface area contributed by atoms with Crippen LogP contribution >= 0.6 is 0 Å². The van der Waals surface area contributed by atoms with Crippen LogP contribution < -0.4 is 10.1 Å². The van der Waals surface area contributed by atoms with E-state index >= 15 is 0 Å². The Morgan fingerprint density at radius 3 is 2.53 bits per heavy atom. The Morgan fingerprint density at radius 2 is 1.89 bits per heavy atom. The number of nitrogens with zero attached hydrogens (tertiary/aromatic N) is 2. The first kappa shape index (κ1) is 13.5. The summed E-state index contributed by atoms with van der Waals surface area (Å²) in [5, 5.41) is 3.07. The first-order valence-corrected chi connectivity index (χ1v) is 6.45. The van der Waals surface area contributed by atoms with Crippen molar-refractivity contribution in [2.45, 2.75) is 20.4 Å². The summed E-state index contributed by atoms with van der Waals surface area (Å²) in [7, 11) is 1.89. The van der Waals surface area contributed by atoms with Crippen molar-refractivity contribution in [3.63, 3.8) is 0 Å². The maximum atomic E-state index is 5.44. The Balaban J connectivity index is 2.29. The minimum Gasteiger partial charge on any atom is -0.494 e. The molecule has 100 valence electrons. The number of hydrogen-bond acceptors (Lipinski definition) is 4. The quantitative estimate of drug-likeness (QED) is 0.894. The zero-order valence-corrected chi connectivity index (χ0v) is 11.6. The van der Waals surface area contributed by atoms with Gasteiger partial charge in [0.05, 0.1) is 18.8 Å². The van der Waals surface area contributed by atoms with Gasteiger partial charge in [0.15, 0.2) is 0 Å². The second-order valence-electron chi connectivity index (χ2n) is 4.30. The third kappa shape index (κ3) is 3.51. The predicted molar refractivity (Wildman–Crippen MR) is 76.1 cm³/mol. The molecule has 1 heterocycles. The second kappa shape index (κ2) is 6.29. The minimum absolute atomic E-state index is 0.672. The summed E-state index contributed by atoms with van der Waals surface area (Å²) >= 11 is 0. The molecule has 0 spiro atoms. The number of ether oxygens (including phenoxy) is 1. The van der Waals surface area contributed by atoms with Crippen LogP contribution in [0.25, 0.3) is 11.3 Å². The number of hydrogen-bond donors (Lipinski definition) is 1. The van der Waals surface area contributed by atoms with Crippen molar-refractivity contribution in [2.75, 3.05) is 13.7 Å². The molecule has 0 radical (unpaired) electrons. The monoisotopic (exact) mass is 257 g/mol. The van der Waals surface area contributed by atoms with Crippen LogP contribution in [0.5, 0.6) is 5.75 Å². The van der Waals surface area contributed by atoms with Gasteiger partial charge < -0.3 is 10.1 Å². The molecule has 1 aromatic carbocycles. The Hall–Kier alpha value is -1.94. The zero-order valence-electron chi connectivity index (χ0n) is 11.6. The SMILES string of the molecule is CCOc1ccc(-c2cc(C)nc(CNC)n2)cc1. The van der Waals surface area contributed by atoms with Gasteiger partial charge in [0, 0.05) is 11.3 Å². The van der Waals surface area contributed by atoms with E-state index < -0.39 is 0 Å². The molecule has 0 fully saturated rings. The van der Waals surface area contributed by atoms with Gasteiger partial charge in [-0.15, -0.1) is 0 Å². The Kier molecular flexibility index (Phi) is 4.47. The molecule has 0 aliphatic rings. The molecule has 0 saturated heterocycles. The van der Waals surface area contributed by atoms with Crippen LogP contribution in [0.3, 0.4) is 0 Å². The standard InChI is InChI=1S/C15H19N3O/c1-4-19-13-7-5-12(6-8-13)14-9-11(2)17-15(18-14)10-16-3/h5-9,16H,4,10H2,1-3H3. The lowest BCUT2D eigenvalue weighted by Gasteiger charge is -2.07. The molecule has 4 nitrogen and oxygen atoms in total. The number of aromatic nitrogens is 2. The topological polar surface area (TPSA) is 47.0 Å². The molecule has 19 heavy (non-hydrogen) atoms. The maximum absolute atomic E-state index is 5.44. The molecular formula is C15H19N3O. The number of benzene rings is 1. The molecule has 0 aliphatic heterocycles. The van der Waals surface area contributed by atoms with Crippen LogP contribution in [0.1, 0.15) is 18.4 Å². The van der Waals surface area contributed by atoms with Crippen LogP contribution in [0.2, 0.25) is 0 Å². The first-order chi connectivity index (χ1) is 9.22. The molecule has 0 bridgehead atoms. The zero-order chi connectivity index (χ0) is 13.7. The third-order valence-corrected chi connectivity index (χ3v) is 2.70. The van der Waals surface area contributed by atoms with Gasteiger partial charge in [0.1, 0.15) is 11.6 Å². The van der Waals surface area contributed by atoms with E-state index in [1.54, 1.807) is 0 Å². The maximum Gasteiger partial charge on any atom is 0.143 e. The molecule has 2 aromatic rings. The molecule has 1 aromatic heterocycles. The van der Waals surface area contributed by atoms with Crippen LogP contribution in [-0.4, -0.2) is 23.6 Å². The van der Waals surface area contributed by atoms with Crippen molar-refractivity contribution < 1.29 is 4.74 Å². The van der Waals surface area contributed by atoms with E-state index in [0.717, 1.165) is 28.5 Å². The summed E-state index contributed by atoms with van der Waals surface area (Å²) in [6.45, 7) is 5.31. The van der Waals surface area contributed by atoms with Gasteiger partial charge in [-0.05, 0) is 51.2 Å². The Morgan fingerprint density at radius 1 is 1.16 bits per heavy atom. The predicted octanol–water partition coefficient (Wildman–Crippen LogP) is 2.57. The lowest BCUT2D eigenvalue weighted by atomic mass is 10.1. The van der Waals surface area contributed by atoms with Crippen molar-refractivity contribution in [3.05, 3.63) is 41.9 Å². The van der Waals surface area contributed by atoms with Crippen molar-refractivity contribution in [3.8, 4) is 17.0 Å². The average molecular weight is 257 g/mol. The van der Waals surface area contributed by atoms with Crippen molar-refractivity contribution in [1.29, 1.82) is 0 Å². The van der Waals surface area contributed by atoms with E-state index in [1.807, 2.05) is 51.2 Å². The molecular weight excluding hydrogens is 238 g/mol. The summed E-state index contributed by atoms with van der Waals surface area (Å²) in [5.41, 5.74) is 3.00. The lowest BCUT2D eigenvalue weighted by Crippen LogP contribution is -2.10. The average Bonchev–Trinajstić information content (AvgIpc) is 2.40. The van der Waals surface area contributed by atoms with Crippen LogP contribution in [0.4, 0.5) is 0 Å². The first-order valence-electron chi connectivity index (χ1n) is 6.45. The number of nitrogens with one attached hydrogen (secondary N) is 1. The summed E-state index contributed by atoms with van der Waals surface area (Å²) in [4.78, 5) is 8.95. The normalized spacial score (nSPS) is 10.5. The van der Waals surface area contributed by atoms with Gasteiger partial charge >= 0.3 is 0 Å². The van der Waals surface area contributed by atoms with Gasteiger partial charge in [-0.25, -0.2) is 9.97 Å². The van der Waals surface area contributed by atoms with Crippen molar-refractivity contribution in [1.82, 2.24) is 15.3 Å². The summed E-state index contributed by atoms with van der Waals surface area (Å²) < 4.78 is 5.44. The molecule has 0 unspecified atom stereocenters. The molecule has 1 N–H and O–H groups in total. The van der Waals surface area contributed by atoms with E-state index in [1.165, 1.54) is 0 Å². The number of rotatable bonds is 5. The highest BCUT2D eigenvalue weighted by atomic mass is 16.5. The molecule has 0 amide bonds. The smallest absolute Gasteiger partial charge is 0.143 e. The summed E-state index contributed by atoms with van der Waals surface area (Å²) in [5.74, 6) is 1.69. The van der Waals surface area contributed by atoms with Crippen molar-refractivity contribution >= 4 is 0 Å². The number of aryl methyl sites for hydroxylation is 1. The van der Waals surface area contributed by atoms with Crippen LogP contribution in [-0.2, 0) is 6.54 Å². The van der Waals surface area contributed by atoms with Crippen molar-refractivity contribution in [2.24, 2.45) is 0 Å². The highest BCUT2D eigenvalue weighted by Crippen LogP contribution is 2.21. The molecule has 4 heteroatoms. The lowest BCUT2D eigenvalue weighted by molar-refractivity contribution is 0.340. The Bertz CT molecular complexity index is 538. The third-order valence-electron chi connectivity index (χ3n) is 2.70. The van der Waals surface area contributed by atoms with E-state index in [-0.39, 0.29) is 0 Å². The fourth-order valence-electron chi connectivity index (χ4n) is 1.90. The fraction of sp³-hybridized carbons (Fsp3) is 0.333. The van der Waals surface area contributed by atoms with E-state index in [4.69, 9.17) is 4.74 Å². The molecule has 2 rings (SSSR count). The van der Waals surface area contributed by atoms with Gasteiger partial charge in [-0.3, -0.25) is 0 Å². The van der Waals surface area contributed by atoms with E-state index in [0.29, 0.717) is 13.2 Å². The largest absolute Gasteiger partial charge is 0.494 e. The van der Waals surface area contributed by atoms with Crippen LogP contribution in [0, 0.1) is 6.92 Å². The fourth-order valence-corrected chi connectivity index (χ4v) is 1.90. The molecule has 0 atom stereocenters. The van der Waals surface area contributed by atoms with E-state index in [2.05, 4.69) is 15.3 Å². The van der Waals surface area contributed by atoms with Gasteiger partial charge in [0.25, 0.3) is 0 Å². The van der Waals surface area contributed by atoms with Crippen LogP contribution in [0.15, 0.2) is 30.3 Å². The molecule has 0 saturated carbocycles. The molecule has 0 aliphatic carbocycles.